The van der Waals surface area contributed by atoms with E-state index in [-0.39, 0.29) is 11.8 Å². The lowest BCUT2D eigenvalue weighted by Crippen LogP contribution is -2.24. The van der Waals surface area contributed by atoms with Crippen LogP contribution in [0.2, 0.25) is 0 Å². The second-order valence-corrected chi connectivity index (χ2v) is 4.48. The molecule has 6 heteroatoms. The molecule has 1 aliphatic heterocycles. The number of rotatable bonds is 3. The Bertz CT molecular complexity index is 685. The molecule has 100 valence electrons. The molecule has 0 bridgehead atoms. The topological polar surface area (TPSA) is 75.2 Å². The monoisotopic (exact) mass is 268 g/mol. The van der Waals surface area contributed by atoms with Crippen molar-refractivity contribution in [1.82, 2.24) is 14.9 Å². The molecule has 1 aromatic heterocycles. The highest BCUT2D eigenvalue weighted by Crippen LogP contribution is 2.24. The second-order valence-electron chi connectivity index (χ2n) is 4.48. The number of aromatic nitrogens is 2. The van der Waals surface area contributed by atoms with E-state index >= 15 is 0 Å². The maximum Gasteiger partial charge on any atom is 0.261 e. The number of carbonyl (C=O) groups excluding carboxylic acids is 2. The zero-order valence-electron chi connectivity index (χ0n) is 10.8. The van der Waals surface area contributed by atoms with Gasteiger partial charge in [-0.2, -0.15) is 0 Å². The summed E-state index contributed by atoms with van der Waals surface area (Å²) in [6.07, 6.45) is 4.90. The van der Waals surface area contributed by atoms with E-state index in [0.717, 1.165) is 16.3 Å². The van der Waals surface area contributed by atoms with Gasteiger partial charge < -0.3 is 5.32 Å². The Labute approximate surface area is 115 Å². The molecule has 1 N–H and O–H groups in total. The van der Waals surface area contributed by atoms with Gasteiger partial charge in [-0.05, 0) is 18.2 Å². The Morgan fingerprint density at radius 2 is 1.95 bits per heavy atom. The Morgan fingerprint density at radius 3 is 2.70 bits per heavy atom. The molecule has 0 saturated heterocycles. The molecule has 0 unspecified atom stereocenters. The van der Waals surface area contributed by atoms with Crippen LogP contribution in [-0.2, 0) is 6.54 Å². The molecular weight excluding hydrogens is 256 g/mol. The molecule has 2 aromatic rings. The second kappa shape index (κ2) is 4.73. The number of hydrogen-bond donors (Lipinski definition) is 1. The average molecular weight is 268 g/mol. The molecule has 0 saturated carbocycles. The lowest BCUT2D eigenvalue weighted by Gasteiger charge is -2.06. The molecule has 2 heterocycles. The van der Waals surface area contributed by atoms with Crippen LogP contribution in [0.3, 0.4) is 0 Å². The van der Waals surface area contributed by atoms with Crippen molar-refractivity contribution in [3.8, 4) is 0 Å². The Morgan fingerprint density at radius 1 is 1.15 bits per heavy atom. The fraction of sp³-hybridized carbons (Fsp3) is 0.143. The molecule has 20 heavy (non-hydrogen) atoms. The van der Waals surface area contributed by atoms with Gasteiger partial charge in [0.2, 0.25) is 0 Å². The number of benzene rings is 1. The summed E-state index contributed by atoms with van der Waals surface area (Å²) in [4.78, 5) is 32.9. The van der Waals surface area contributed by atoms with Crippen molar-refractivity contribution < 1.29 is 9.59 Å². The van der Waals surface area contributed by atoms with Gasteiger partial charge >= 0.3 is 0 Å². The zero-order valence-corrected chi connectivity index (χ0v) is 10.8. The van der Waals surface area contributed by atoms with Gasteiger partial charge in [0.25, 0.3) is 11.8 Å². The van der Waals surface area contributed by atoms with E-state index in [1.165, 1.54) is 7.05 Å². The fourth-order valence-corrected chi connectivity index (χ4v) is 2.09. The minimum atomic E-state index is -0.270. The summed E-state index contributed by atoms with van der Waals surface area (Å²) < 4.78 is 0. The third-order valence-corrected chi connectivity index (χ3v) is 3.18. The number of anilines is 1. The Hall–Kier alpha value is -2.76. The summed E-state index contributed by atoms with van der Waals surface area (Å²) in [5.74, 6) is -0.529. The molecule has 0 radical (unpaired) electrons. The largest absolute Gasteiger partial charge is 0.379 e. The van der Waals surface area contributed by atoms with E-state index in [1.807, 2.05) is 0 Å². The van der Waals surface area contributed by atoms with Crippen molar-refractivity contribution >= 4 is 17.5 Å². The summed E-state index contributed by atoms with van der Waals surface area (Å²) in [5.41, 5.74) is 2.45. The van der Waals surface area contributed by atoms with Crippen molar-refractivity contribution in [3.63, 3.8) is 0 Å². The first-order valence-corrected chi connectivity index (χ1v) is 6.12. The molecule has 6 nitrogen and oxygen atoms in total. The van der Waals surface area contributed by atoms with E-state index in [0.29, 0.717) is 17.7 Å². The minimum absolute atomic E-state index is 0.259. The number of amides is 2. The SMILES string of the molecule is CN1C(=O)c2ccc(NCc3cnccn3)cc2C1=O. The number of hydrogen-bond acceptors (Lipinski definition) is 5. The van der Waals surface area contributed by atoms with Gasteiger partial charge in [-0.15, -0.1) is 0 Å². The van der Waals surface area contributed by atoms with E-state index in [2.05, 4.69) is 15.3 Å². The average Bonchev–Trinajstić information content (AvgIpc) is 2.71. The van der Waals surface area contributed by atoms with E-state index in [9.17, 15) is 9.59 Å². The highest BCUT2D eigenvalue weighted by Gasteiger charge is 2.32. The van der Waals surface area contributed by atoms with Gasteiger partial charge in [0.05, 0.1) is 29.6 Å². The predicted molar refractivity (Wildman–Crippen MR) is 72.2 cm³/mol. The predicted octanol–water partition coefficient (Wildman–Crippen LogP) is 1.31. The van der Waals surface area contributed by atoms with Crippen LogP contribution in [0.25, 0.3) is 0 Å². The van der Waals surface area contributed by atoms with Crippen molar-refractivity contribution in [2.45, 2.75) is 6.54 Å². The van der Waals surface area contributed by atoms with Gasteiger partial charge in [0.15, 0.2) is 0 Å². The first-order chi connectivity index (χ1) is 9.66. The van der Waals surface area contributed by atoms with E-state index < -0.39 is 0 Å². The number of fused-ring (bicyclic) bond motifs is 1. The van der Waals surface area contributed by atoms with Crippen LogP contribution < -0.4 is 5.32 Å². The third-order valence-electron chi connectivity index (χ3n) is 3.18. The minimum Gasteiger partial charge on any atom is -0.379 e. The van der Waals surface area contributed by atoms with Crippen LogP contribution in [-0.4, -0.2) is 33.7 Å². The van der Waals surface area contributed by atoms with Gasteiger partial charge in [0, 0.05) is 25.1 Å². The van der Waals surface area contributed by atoms with Gasteiger partial charge in [-0.1, -0.05) is 0 Å². The first kappa shape index (κ1) is 12.3. The molecule has 2 amide bonds. The number of imide groups is 1. The van der Waals surface area contributed by atoms with Crippen LogP contribution >= 0.6 is 0 Å². The van der Waals surface area contributed by atoms with Crippen LogP contribution in [0.1, 0.15) is 26.4 Å². The zero-order chi connectivity index (χ0) is 14.1. The van der Waals surface area contributed by atoms with Gasteiger partial charge in [-0.25, -0.2) is 0 Å². The normalized spacial score (nSPS) is 13.6. The molecule has 1 aliphatic rings. The van der Waals surface area contributed by atoms with E-state index in [1.54, 1.807) is 36.8 Å². The number of nitrogens with zero attached hydrogens (tertiary/aromatic N) is 3. The van der Waals surface area contributed by atoms with Crippen molar-refractivity contribution in [3.05, 3.63) is 53.6 Å². The summed E-state index contributed by atoms with van der Waals surface area (Å²) in [7, 11) is 1.48. The summed E-state index contributed by atoms with van der Waals surface area (Å²) >= 11 is 0. The molecule has 1 aromatic carbocycles. The van der Waals surface area contributed by atoms with Gasteiger partial charge in [0.1, 0.15) is 0 Å². The Balaban J connectivity index is 1.80. The molecule has 0 spiro atoms. The van der Waals surface area contributed by atoms with Crippen LogP contribution in [0.5, 0.6) is 0 Å². The molecule has 0 aliphatic carbocycles. The molecular formula is C14H12N4O2. The van der Waals surface area contributed by atoms with Crippen molar-refractivity contribution in [2.75, 3.05) is 12.4 Å². The van der Waals surface area contributed by atoms with Crippen LogP contribution in [0, 0.1) is 0 Å². The highest BCUT2D eigenvalue weighted by molar-refractivity contribution is 6.21. The third kappa shape index (κ3) is 2.01. The maximum absolute atomic E-state index is 11.9. The Kier molecular flexibility index (Phi) is 2.90. The number of carbonyl (C=O) groups is 2. The highest BCUT2D eigenvalue weighted by atomic mass is 16.2. The smallest absolute Gasteiger partial charge is 0.261 e. The lowest BCUT2D eigenvalue weighted by atomic mass is 10.1. The van der Waals surface area contributed by atoms with Crippen LogP contribution in [0.15, 0.2) is 36.8 Å². The standard InChI is InChI=1S/C14H12N4O2/c1-18-13(19)11-3-2-9(6-12(11)14(18)20)17-8-10-7-15-4-5-16-10/h2-7,17H,8H2,1H3. The molecule has 0 fully saturated rings. The maximum atomic E-state index is 11.9. The summed E-state index contributed by atoms with van der Waals surface area (Å²) in [5, 5.41) is 3.16. The molecule has 3 rings (SSSR count). The van der Waals surface area contributed by atoms with Crippen molar-refractivity contribution in [1.29, 1.82) is 0 Å². The van der Waals surface area contributed by atoms with E-state index in [4.69, 9.17) is 0 Å². The first-order valence-electron chi connectivity index (χ1n) is 6.12. The van der Waals surface area contributed by atoms with Gasteiger partial charge in [-0.3, -0.25) is 24.5 Å². The fourth-order valence-electron chi connectivity index (χ4n) is 2.09. The lowest BCUT2D eigenvalue weighted by molar-refractivity contribution is 0.0693. The quantitative estimate of drug-likeness (QED) is 0.849. The summed E-state index contributed by atoms with van der Waals surface area (Å²) in [6.45, 7) is 0.505. The van der Waals surface area contributed by atoms with Crippen LogP contribution in [0.4, 0.5) is 5.69 Å². The molecule has 0 atom stereocenters. The van der Waals surface area contributed by atoms with Crippen molar-refractivity contribution in [2.24, 2.45) is 0 Å². The summed E-state index contributed by atoms with van der Waals surface area (Å²) in [6, 6.07) is 5.13. The number of nitrogens with one attached hydrogen (secondary N) is 1.